The number of para-hydroxylation sites is 1. The van der Waals surface area contributed by atoms with E-state index in [1.807, 2.05) is 31.2 Å². The first-order valence-electron chi connectivity index (χ1n) is 6.41. The van der Waals surface area contributed by atoms with Crippen LogP contribution < -0.4 is 5.32 Å². The van der Waals surface area contributed by atoms with Gasteiger partial charge in [-0.05, 0) is 31.4 Å². The van der Waals surface area contributed by atoms with Crippen LogP contribution in [-0.4, -0.2) is 41.7 Å². The lowest BCUT2D eigenvalue weighted by atomic mass is 10.1. The lowest BCUT2D eigenvalue weighted by Crippen LogP contribution is -2.40. The van der Waals surface area contributed by atoms with Crippen LogP contribution in [0.15, 0.2) is 24.3 Å². The Balaban J connectivity index is 1.84. The molecule has 4 nitrogen and oxygen atoms in total. The summed E-state index contributed by atoms with van der Waals surface area (Å²) in [7, 11) is 0. The van der Waals surface area contributed by atoms with Crippen LogP contribution >= 0.6 is 0 Å². The number of hydrogen-bond acceptors (Lipinski definition) is 3. The molecule has 18 heavy (non-hydrogen) atoms. The van der Waals surface area contributed by atoms with Crippen molar-refractivity contribution in [2.75, 3.05) is 25.0 Å². The smallest absolute Gasteiger partial charge is 0.238 e. The topological polar surface area (TPSA) is 52.6 Å². The maximum absolute atomic E-state index is 11.9. The molecule has 4 heteroatoms. The number of aliphatic hydroxyl groups is 1. The van der Waals surface area contributed by atoms with Crippen LogP contribution in [0.25, 0.3) is 0 Å². The molecule has 0 saturated carbocycles. The van der Waals surface area contributed by atoms with E-state index in [1.54, 1.807) is 0 Å². The van der Waals surface area contributed by atoms with Gasteiger partial charge in [0.1, 0.15) is 0 Å². The molecule has 0 aromatic heterocycles. The number of amides is 1. The number of aliphatic hydroxyl groups excluding tert-OH is 1. The molecule has 2 rings (SSSR count). The van der Waals surface area contributed by atoms with Crippen molar-refractivity contribution in [1.82, 2.24) is 4.90 Å². The Bertz CT molecular complexity index is 412. The van der Waals surface area contributed by atoms with Crippen molar-refractivity contribution in [3.8, 4) is 0 Å². The van der Waals surface area contributed by atoms with Crippen LogP contribution in [-0.2, 0) is 4.79 Å². The number of benzene rings is 1. The van der Waals surface area contributed by atoms with Crippen molar-refractivity contribution >= 4 is 11.6 Å². The molecule has 1 fully saturated rings. The lowest BCUT2D eigenvalue weighted by Gasteiger charge is -2.28. The van der Waals surface area contributed by atoms with Crippen molar-refractivity contribution in [3.63, 3.8) is 0 Å². The Morgan fingerprint density at radius 2 is 2.06 bits per heavy atom. The Morgan fingerprint density at radius 3 is 2.72 bits per heavy atom. The standard InChI is InChI=1S/C14H20N2O2/c1-11-4-2-3-5-13(11)15-14(18)10-16-8-6-12(17)7-9-16/h2-5,12,17H,6-10H2,1H3,(H,15,18). The molecule has 2 N–H and O–H groups in total. The van der Waals surface area contributed by atoms with Crippen molar-refractivity contribution in [1.29, 1.82) is 0 Å². The second kappa shape index (κ2) is 5.98. The third kappa shape index (κ3) is 3.55. The van der Waals surface area contributed by atoms with Gasteiger partial charge in [-0.2, -0.15) is 0 Å². The van der Waals surface area contributed by atoms with Crippen molar-refractivity contribution < 1.29 is 9.90 Å². The number of nitrogens with one attached hydrogen (secondary N) is 1. The minimum absolute atomic E-state index is 0.0145. The van der Waals surface area contributed by atoms with Crippen molar-refractivity contribution in [2.24, 2.45) is 0 Å². The molecule has 0 radical (unpaired) electrons. The van der Waals surface area contributed by atoms with Crippen LogP contribution in [0.4, 0.5) is 5.69 Å². The summed E-state index contributed by atoms with van der Waals surface area (Å²) in [6.07, 6.45) is 1.33. The van der Waals surface area contributed by atoms with Gasteiger partial charge in [0, 0.05) is 18.8 Å². The molecule has 1 heterocycles. The molecular formula is C14H20N2O2. The number of aryl methyl sites for hydroxylation is 1. The highest BCUT2D eigenvalue weighted by Gasteiger charge is 2.18. The lowest BCUT2D eigenvalue weighted by molar-refractivity contribution is -0.117. The molecule has 1 aliphatic rings. The van der Waals surface area contributed by atoms with Crippen LogP contribution in [0, 0.1) is 6.92 Å². The van der Waals surface area contributed by atoms with Crippen molar-refractivity contribution in [2.45, 2.75) is 25.9 Å². The van der Waals surface area contributed by atoms with Gasteiger partial charge in [0.15, 0.2) is 0 Å². The zero-order valence-electron chi connectivity index (χ0n) is 10.7. The van der Waals surface area contributed by atoms with E-state index in [4.69, 9.17) is 0 Å². The average molecular weight is 248 g/mol. The van der Waals surface area contributed by atoms with Crippen LogP contribution in [0.1, 0.15) is 18.4 Å². The molecule has 1 aromatic rings. The Morgan fingerprint density at radius 1 is 1.39 bits per heavy atom. The third-order valence-corrected chi connectivity index (χ3v) is 3.34. The van der Waals surface area contributed by atoms with Crippen LogP contribution in [0.5, 0.6) is 0 Å². The van der Waals surface area contributed by atoms with E-state index in [0.29, 0.717) is 6.54 Å². The van der Waals surface area contributed by atoms with E-state index in [1.165, 1.54) is 0 Å². The minimum atomic E-state index is -0.194. The van der Waals surface area contributed by atoms with Gasteiger partial charge in [0.2, 0.25) is 5.91 Å². The summed E-state index contributed by atoms with van der Waals surface area (Å²) >= 11 is 0. The van der Waals surface area contributed by atoms with Gasteiger partial charge in [-0.3, -0.25) is 9.69 Å². The summed E-state index contributed by atoms with van der Waals surface area (Å²) in [6, 6.07) is 7.76. The zero-order chi connectivity index (χ0) is 13.0. The summed E-state index contributed by atoms with van der Waals surface area (Å²) in [4.78, 5) is 14.0. The molecule has 98 valence electrons. The van der Waals surface area contributed by atoms with E-state index in [9.17, 15) is 9.90 Å². The highest BCUT2D eigenvalue weighted by Crippen LogP contribution is 2.14. The number of likely N-dealkylation sites (tertiary alicyclic amines) is 1. The van der Waals surface area contributed by atoms with Crippen molar-refractivity contribution in [3.05, 3.63) is 29.8 Å². The van der Waals surface area contributed by atoms with E-state index in [0.717, 1.165) is 37.2 Å². The highest BCUT2D eigenvalue weighted by molar-refractivity contribution is 5.92. The highest BCUT2D eigenvalue weighted by atomic mass is 16.3. The first-order valence-corrected chi connectivity index (χ1v) is 6.41. The normalized spacial score (nSPS) is 17.7. The summed E-state index contributed by atoms with van der Waals surface area (Å²) in [6.45, 7) is 3.97. The van der Waals surface area contributed by atoms with E-state index >= 15 is 0 Å². The van der Waals surface area contributed by atoms with E-state index in [-0.39, 0.29) is 12.0 Å². The molecule has 0 bridgehead atoms. The van der Waals surface area contributed by atoms with Crippen LogP contribution in [0.2, 0.25) is 0 Å². The minimum Gasteiger partial charge on any atom is -0.393 e. The van der Waals surface area contributed by atoms with E-state index < -0.39 is 0 Å². The summed E-state index contributed by atoms with van der Waals surface area (Å²) < 4.78 is 0. The Labute approximate surface area is 108 Å². The summed E-state index contributed by atoms with van der Waals surface area (Å²) in [5, 5.41) is 12.3. The molecule has 0 unspecified atom stereocenters. The molecule has 1 aliphatic heterocycles. The van der Waals surface area contributed by atoms with Gasteiger partial charge >= 0.3 is 0 Å². The summed E-state index contributed by atoms with van der Waals surface area (Å²) in [5.41, 5.74) is 1.94. The zero-order valence-corrected chi connectivity index (χ0v) is 10.7. The first-order chi connectivity index (χ1) is 8.65. The van der Waals surface area contributed by atoms with Gasteiger partial charge in [-0.15, -0.1) is 0 Å². The third-order valence-electron chi connectivity index (χ3n) is 3.34. The SMILES string of the molecule is Cc1ccccc1NC(=O)CN1CCC(O)CC1. The fourth-order valence-corrected chi connectivity index (χ4v) is 2.18. The number of anilines is 1. The number of piperidine rings is 1. The number of rotatable bonds is 3. The number of carbonyl (C=O) groups excluding carboxylic acids is 1. The second-order valence-corrected chi connectivity index (χ2v) is 4.87. The largest absolute Gasteiger partial charge is 0.393 e. The van der Waals surface area contributed by atoms with Gasteiger partial charge in [-0.1, -0.05) is 18.2 Å². The van der Waals surface area contributed by atoms with E-state index in [2.05, 4.69) is 10.2 Å². The maximum atomic E-state index is 11.9. The molecule has 1 amide bonds. The fourth-order valence-electron chi connectivity index (χ4n) is 2.18. The number of carbonyl (C=O) groups is 1. The molecule has 1 aromatic carbocycles. The predicted octanol–water partition coefficient (Wildman–Crippen LogP) is 1.39. The van der Waals surface area contributed by atoms with Gasteiger partial charge in [0.05, 0.1) is 12.6 Å². The maximum Gasteiger partial charge on any atom is 0.238 e. The fraction of sp³-hybridized carbons (Fsp3) is 0.500. The molecule has 0 aliphatic carbocycles. The molecule has 1 saturated heterocycles. The number of hydrogen-bond donors (Lipinski definition) is 2. The quantitative estimate of drug-likeness (QED) is 0.850. The van der Waals surface area contributed by atoms with Gasteiger partial charge < -0.3 is 10.4 Å². The monoisotopic (exact) mass is 248 g/mol. The molecule has 0 atom stereocenters. The second-order valence-electron chi connectivity index (χ2n) is 4.87. The van der Waals surface area contributed by atoms with Gasteiger partial charge in [0.25, 0.3) is 0 Å². The average Bonchev–Trinajstić information content (AvgIpc) is 2.35. The van der Waals surface area contributed by atoms with Crippen LogP contribution in [0.3, 0.4) is 0 Å². The molecule has 0 spiro atoms. The first kappa shape index (κ1) is 13.1. The number of nitrogens with zero attached hydrogens (tertiary/aromatic N) is 1. The Kier molecular flexibility index (Phi) is 4.33. The predicted molar refractivity (Wildman–Crippen MR) is 71.5 cm³/mol. The summed E-state index contributed by atoms with van der Waals surface area (Å²) in [5.74, 6) is 0.0145. The van der Waals surface area contributed by atoms with Gasteiger partial charge in [-0.25, -0.2) is 0 Å². The molecular weight excluding hydrogens is 228 g/mol. The Hall–Kier alpha value is -1.39.